The molecule has 0 aliphatic rings. The predicted molar refractivity (Wildman–Crippen MR) is 239 cm³/mol. The first-order valence-corrected chi connectivity index (χ1v) is 19.3. The maximum absolute atomic E-state index is 2.44. The molecule has 0 bridgehead atoms. The lowest BCUT2D eigenvalue weighted by atomic mass is 9.91. The molecule has 0 aliphatic carbocycles. The van der Waals surface area contributed by atoms with Crippen molar-refractivity contribution < 1.29 is 0 Å². The monoisotopic (exact) mass is 710 g/mol. The molecular formula is C54H34N2. The standard InChI is InChI=1S/C54H34N2/c1-2-15-39(16-3-1)55-51-23-10-8-21-45(51)47-29-26-37(33-54(47)55)36-27-30-53-50(32-36)46-22-9-11-24-52(46)56(53)40-17-12-14-38(31-40)48-34-49-41-18-5-4-13-35(41)25-28-44(49)42-19-6-7-20-43(42)48/h1-34H. The van der Waals surface area contributed by atoms with Gasteiger partial charge in [-0.3, -0.25) is 0 Å². The summed E-state index contributed by atoms with van der Waals surface area (Å²) in [5.74, 6) is 0. The molecule has 12 aromatic rings. The van der Waals surface area contributed by atoms with Crippen LogP contribution in [0.15, 0.2) is 206 Å². The SMILES string of the molecule is c1ccc(-n2c3ccccc3c3ccc(-c4ccc5c(c4)c4ccccc4n5-c4cccc(-c5cc6c7ccccc7ccc6c6ccccc56)c4)cc32)cc1. The number of para-hydroxylation sites is 3. The number of nitrogens with zero attached hydrogens (tertiary/aromatic N) is 2. The zero-order valence-electron chi connectivity index (χ0n) is 30.5. The number of hydrogen-bond acceptors (Lipinski definition) is 0. The van der Waals surface area contributed by atoms with Crippen LogP contribution in [0.1, 0.15) is 0 Å². The van der Waals surface area contributed by atoms with Crippen LogP contribution in [-0.4, -0.2) is 9.13 Å². The normalized spacial score (nSPS) is 11.9. The Bertz CT molecular complexity index is 3530. The smallest absolute Gasteiger partial charge is 0.0547 e. The Morgan fingerprint density at radius 3 is 1.61 bits per heavy atom. The van der Waals surface area contributed by atoms with Crippen molar-refractivity contribution in [3.63, 3.8) is 0 Å². The number of benzene rings is 10. The van der Waals surface area contributed by atoms with Crippen molar-refractivity contribution in [2.45, 2.75) is 0 Å². The molecule has 0 saturated heterocycles. The summed E-state index contributed by atoms with van der Waals surface area (Å²) < 4.78 is 4.83. The molecule has 0 radical (unpaired) electrons. The van der Waals surface area contributed by atoms with E-state index in [1.54, 1.807) is 0 Å². The lowest BCUT2D eigenvalue weighted by Gasteiger charge is -2.15. The summed E-state index contributed by atoms with van der Waals surface area (Å²) in [6.45, 7) is 0. The Hall–Kier alpha value is -7.42. The molecule has 0 unspecified atom stereocenters. The lowest BCUT2D eigenvalue weighted by molar-refractivity contribution is 1.18. The summed E-state index contributed by atoms with van der Waals surface area (Å²) in [6, 6.07) is 75.8. The van der Waals surface area contributed by atoms with Gasteiger partial charge in [0.15, 0.2) is 0 Å². The van der Waals surface area contributed by atoms with Crippen LogP contribution in [0.5, 0.6) is 0 Å². The molecule has 0 fully saturated rings. The minimum absolute atomic E-state index is 1.15. The zero-order valence-corrected chi connectivity index (χ0v) is 30.5. The summed E-state index contributed by atoms with van der Waals surface area (Å²) >= 11 is 0. The molecule has 12 rings (SSSR count). The second kappa shape index (κ2) is 12.0. The molecule has 0 amide bonds. The quantitative estimate of drug-likeness (QED) is 0.161. The van der Waals surface area contributed by atoms with Gasteiger partial charge >= 0.3 is 0 Å². The number of aromatic nitrogens is 2. The fourth-order valence-electron chi connectivity index (χ4n) is 9.35. The summed E-state index contributed by atoms with van der Waals surface area (Å²) in [4.78, 5) is 0. The first-order chi connectivity index (χ1) is 27.8. The van der Waals surface area contributed by atoms with Gasteiger partial charge in [-0.2, -0.15) is 0 Å². The van der Waals surface area contributed by atoms with E-state index in [2.05, 4.69) is 215 Å². The van der Waals surface area contributed by atoms with E-state index in [1.165, 1.54) is 104 Å². The highest BCUT2D eigenvalue weighted by atomic mass is 15.0. The molecule has 0 N–H and O–H groups in total. The first kappa shape index (κ1) is 31.0. The average molecular weight is 711 g/mol. The lowest BCUT2D eigenvalue weighted by Crippen LogP contribution is -1.95. The third-order valence-corrected chi connectivity index (χ3v) is 11.9. The highest BCUT2D eigenvalue weighted by Gasteiger charge is 2.17. The van der Waals surface area contributed by atoms with Gasteiger partial charge in [0.1, 0.15) is 0 Å². The van der Waals surface area contributed by atoms with Crippen LogP contribution in [0.2, 0.25) is 0 Å². The predicted octanol–water partition coefficient (Wildman–Crippen LogP) is 14.7. The van der Waals surface area contributed by atoms with Crippen molar-refractivity contribution in [2.24, 2.45) is 0 Å². The number of hydrogen-bond donors (Lipinski definition) is 0. The van der Waals surface area contributed by atoms with Crippen LogP contribution in [0.4, 0.5) is 0 Å². The van der Waals surface area contributed by atoms with E-state index >= 15 is 0 Å². The van der Waals surface area contributed by atoms with Crippen LogP contribution >= 0.6 is 0 Å². The molecule has 0 saturated carbocycles. The second-order valence-corrected chi connectivity index (χ2v) is 14.9. The van der Waals surface area contributed by atoms with Gasteiger partial charge in [-0.25, -0.2) is 0 Å². The van der Waals surface area contributed by atoms with Crippen molar-refractivity contribution in [1.82, 2.24) is 9.13 Å². The Morgan fingerprint density at radius 2 is 0.786 bits per heavy atom. The molecule has 2 nitrogen and oxygen atoms in total. The Morgan fingerprint density at radius 1 is 0.232 bits per heavy atom. The molecule has 0 atom stereocenters. The molecular weight excluding hydrogens is 677 g/mol. The summed E-state index contributed by atoms with van der Waals surface area (Å²) in [7, 11) is 0. The van der Waals surface area contributed by atoms with Crippen LogP contribution in [-0.2, 0) is 0 Å². The second-order valence-electron chi connectivity index (χ2n) is 14.9. The van der Waals surface area contributed by atoms with Crippen LogP contribution in [0.3, 0.4) is 0 Å². The molecule has 260 valence electrons. The van der Waals surface area contributed by atoms with Crippen molar-refractivity contribution in [2.75, 3.05) is 0 Å². The van der Waals surface area contributed by atoms with Gasteiger partial charge in [-0.15, -0.1) is 0 Å². The Labute approximate surface area is 323 Å². The average Bonchev–Trinajstić information content (AvgIpc) is 3.78. The van der Waals surface area contributed by atoms with E-state index in [-0.39, 0.29) is 0 Å². The van der Waals surface area contributed by atoms with Gasteiger partial charge in [0.05, 0.1) is 22.1 Å². The molecule has 2 heteroatoms. The maximum Gasteiger partial charge on any atom is 0.0547 e. The molecule has 56 heavy (non-hydrogen) atoms. The van der Waals surface area contributed by atoms with Crippen molar-refractivity contribution in [3.8, 4) is 33.6 Å². The van der Waals surface area contributed by atoms with Crippen molar-refractivity contribution in [3.05, 3.63) is 206 Å². The third kappa shape index (κ3) is 4.57. The molecule has 0 spiro atoms. The topological polar surface area (TPSA) is 9.86 Å². The van der Waals surface area contributed by atoms with E-state index < -0.39 is 0 Å². The highest BCUT2D eigenvalue weighted by Crippen LogP contribution is 2.41. The number of fused-ring (bicyclic) bond motifs is 11. The Balaban J connectivity index is 1.04. The van der Waals surface area contributed by atoms with E-state index in [4.69, 9.17) is 0 Å². The van der Waals surface area contributed by atoms with Gasteiger partial charge in [0.2, 0.25) is 0 Å². The Kier molecular flexibility index (Phi) is 6.66. The molecule has 10 aromatic carbocycles. The fraction of sp³-hybridized carbons (Fsp3) is 0. The van der Waals surface area contributed by atoms with Gasteiger partial charge in [-0.1, -0.05) is 146 Å². The van der Waals surface area contributed by atoms with Gasteiger partial charge < -0.3 is 9.13 Å². The minimum atomic E-state index is 1.15. The van der Waals surface area contributed by atoms with Crippen LogP contribution in [0, 0.1) is 0 Å². The minimum Gasteiger partial charge on any atom is -0.309 e. The first-order valence-electron chi connectivity index (χ1n) is 19.3. The van der Waals surface area contributed by atoms with Gasteiger partial charge in [0.25, 0.3) is 0 Å². The molecule has 2 aromatic heterocycles. The summed E-state index contributed by atoms with van der Waals surface area (Å²) in [6.07, 6.45) is 0. The third-order valence-electron chi connectivity index (χ3n) is 11.9. The molecule has 0 aliphatic heterocycles. The van der Waals surface area contributed by atoms with Crippen LogP contribution < -0.4 is 0 Å². The summed E-state index contributed by atoms with van der Waals surface area (Å²) in [5.41, 5.74) is 12.0. The van der Waals surface area contributed by atoms with E-state index in [1.807, 2.05) is 0 Å². The zero-order chi connectivity index (χ0) is 36.7. The number of rotatable bonds is 4. The van der Waals surface area contributed by atoms with E-state index in [0.29, 0.717) is 0 Å². The summed E-state index contributed by atoms with van der Waals surface area (Å²) in [5, 5.41) is 12.7. The van der Waals surface area contributed by atoms with Gasteiger partial charge in [-0.05, 0) is 115 Å². The van der Waals surface area contributed by atoms with Gasteiger partial charge in [0, 0.05) is 32.9 Å². The van der Waals surface area contributed by atoms with Crippen molar-refractivity contribution >= 4 is 75.9 Å². The maximum atomic E-state index is 2.44. The fourth-order valence-corrected chi connectivity index (χ4v) is 9.35. The van der Waals surface area contributed by atoms with E-state index in [0.717, 1.165) is 5.69 Å². The van der Waals surface area contributed by atoms with Crippen molar-refractivity contribution in [1.29, 1.82) is 0 Å². The van der Waals surface area contributed by atoms with E-state index in [9.17, 15) is 0 Å². The highest BCUT2D eigenvalue weighted by molar-refractivity contribution is 6.21. The largest absolute Gasteiger partial charge is 0.309 e. The molecule has 2 heterocycles. The van der Waals surface area contributed by atoms with Crippen LogP contribution in [0.25, 0.3) is 110 Å².